The summed E-state index contributed by atoms with van der Waals surface area (Å²) in [4.78, 5) is 24.3. The summed E-state index contributed by atoms with van der Waals surface area (Å²) < 4.78 is 0. The van der Waals surface area contributed by atoms with Crippen LogP contribution in [0.25, 0.3) is 0 Å². The number of amides is 1. The van der Waals surface area contributed by atoms with Crippen molar-refractivity contribution in [3.05, 3.63) is 29.8 Å². The lowest BCUT2D eigenvalue weighted by Gasteiger charge is -2.16. The number of anilines is 1. The van der Waals surface area contributed by atoms with Crippen molar-refractivity contribution in [3.8, 4) is 0 Å². The third-order valence-electron chi connectivity index (χ3n) is 2.83. The molecule has 1 saturated heterocycles. The summed E-state index contributed by atoms with van der Waals surface area (Å²) in [5.74, 6) is -0.622. The number of carboxylic acids is 1. The normalized spacial score (nSPS) is 19.7. The lowest BCUT2D eigenvalue weighted by molar-refractivity contribution is -0.117. The second kappa shape index (κ2) is 4.87. The highest BCUT2D eigenvalue weighted by Gasteiger charge is 2.29. The van der Waals surface area contributed by atoms with Gasteiger partial charge in [0.05, 0.1) is 5.56 Å². The molecular formula is C12H12BrNO3. The van der Waals surface area contributed by atoms with Crippen molar-refractivity contribution in [1.29, 1.82) is 0 Å². The van der Waals surface area contributed by atoms with Gasteiger partial charge in [-0.2, -0.15) is 0 Å². The van der Waals surface area contributed by atoms with Crippen molar-refractivity contribution in [1.82, 2.24) is 0 Å². The number of rotatable bonds is 3. The van der Waals surface area contributed by atoms with Gasteiger partial charge in [0.15, 0.2) is 0 Å². The Morgan fingerprint density at radius 3 is 2.88 bits per heavy atom. The van der Waals surface area contributed by atoms with Crippen LogP contribution in [0.4, 0.5) is 5.69 Å². The summed E-state index contributed by atoms with van der Waals surface area (Å²) in [5, 5.41) is 9.69. The first-order chi connectivity index (χ1) is 8.11. The number of nitrogens with zero attached hydrogens (tertiary/aromatic N) is 1. The average Bonchev–Trinajstić information content (AvgIpc) is 2.71. The number of alkyl halides is 1. The van der Waals surface area contributed by atoms with Crippen LogP contribution in [0.2, 0.25) is 0 Å². The predicted octanol–water partition coefficient (Wildman–Crippen LogP) is 2.13. The molecule has 5 heteroatoms. The first kappa shape index (κ1) is 12.1. The Kier molecular flexibility index (Phi) is 3.47. The third-order valence-corrected chi connectivity index (χ3v) is 3.74. The number of carbonyl (C=O) groups excluding carboxylic acids is 1. The maximum absolute atomic E-state index is 11.8. The van der Waals surface area contributed by atoms with Gasteiger partial charge in [-0.05, 0) is 24.1 Å². The molecule has 1 aliphatic heterocycles. The highest BCUT2D eigenvalue weighted by molar-refractivity contribution is 9.09. The van der Waals surface area contributed by atoms with E-state index >= 15 is 0 Å². The zero-order chi connectivity index (χ0) is 12.4. The molecule has 1 unspecified atom stereocenters. The molecule has 1 aliphatic rings. The van der Waals surface area contributed by atoms with Gasteiger partial charge < -0.3 is 10.0 Å². The van der Waals surface area contributed by atoms with Crippen molar-refractivity contribution >= 4 is 33.5 Å². The van der Waals surface area contributed by atoms with E-state index in [-0.39, 0.29) is 11.5 Å². The van der Waals surface area contributed by atoms with Crippen molar-refractivity contribution in [2.45, 2.75) is 6.42 Å². The number of hydrogen-bond donors (Lipinski definition) is 1. The molecule has 90 valence electrons. The molecule has 4 nitrogen and oxygen atoms in total. The zero-order valence-corrected chi connectivity index (χ0v) is 10.7. The van der Waals surface area contributed by atoms with Gasteiger partial charge >= 0.3 is 5.97 Å². The van der Waals surface area contributed by atoms with Crippen LogP contribution in [0.5, 0.6) is 0 Å². The maximum atomic E-state index is 11.8. The van der Waals surface area contributed by atoms with E-state index in [1.165, 1.54) is 12.1 Å². The number of halogens is 1. The van der Waals surface area contributed by atoms with Crippen molar-refractivity contribution in [3.63, 3.8) is 0 Å². The second-order valence-electron chi connectivity index (χ2n) is 4.08. The minimum atomic E-state index is -0.976. The SMILES string of the molecule is O=C(O)c1cccc(N2CC(CBr)CC2=O)c1. The molecule has 0 radical (unpaired) electrons. The van der Waals surface area contributed by atoms with E-state index in [0.29, 0.717) is 24.6 Å². The summed E-state index contributed by atoms with van der Waals surface area (Å²) in [5.41, 5.74) is 0.871. The maximum Gasteiger partial charge on any atom is 0.335 e. The smallest absolute Gasteiger partial charge is 0.335 e. The quantitative estimate of drug-likeness (QED) is 0.870. The van der Waals surface area contributed by atoms with E-state index < -0.39 is 5.97 Å². The van der Waals surface area contributed by atoms with Crippen LogP contribution in [-0.2, 0) is 4.79 Å². The van der Waals surface area contributed by atoms with E-state index in [4.69, 9.17) is 5.11 Å². The third kappa shape index (κ3) is 2.49. The summed E-state index contributed by atoms with van der Waals surface area (Å²) in [7, 11) is 0. The molecule has 17 heavy (non-hydrogen) atoms. The van der Waals surface area contributed by atoms with Crippen molar-refractivity contribution in [2.75, 3.05) is 16.8 Å². The van der Waals surface area contributed by atoms with Gasteiger partial charge in [0.2, 0.25) is 5.91 Å². The second-order valence-corrected chi connectivity index (χ2v) is 4.73. The molecule has 0 saturated carbocycles. The molecule has 1 amide bonds. The standard InChI is InChI=1S/C12H12BrNO3/c13-6-8-4-11(15)14(7-8)10-3-1-2-9(5-10)12(16)17/h1-3,5,8H,4,6-7H2,(H,16,17). The van der Waals surface area contributed by atoms with Crippen LogP contribution in [0.3, 0.4) is 0 Å². The highest BCUT2D eigenvalue weighted by atomic mass is 79.9. The number of benzene rings is 1. The Morgan fingerprint density at radius 1 is 1.53 bits per heavy atom. The molecule has 1 N–H and O–H groups in total. The molecular weight excluding hydrogens is 286 g/mol. The molecule has 1 heterocycles. The van der Waals surface area contributed by atoms with Gasteiger partial charge in [-0.25, -0.2) is 4.79 Å². The molecule has 2 rings (SSSR count). The Balaban J connectivity index is 2.25. The molecule has 0 aromatic heterocycles. The Bertz CT molecular complexity index is 461. The van der Waals surface area contributed by atoms with Crippen LogP contribution >= 0.6 is 15.9 Å². The first-order valence-electron chi connectivity index (χ1n) is 5.31. The average molecular weight is 298 g/mol. The summed E-state index contributed by atoms with van der Waals surface area (Å²) in [6.45, 7) is 0.646. The Labute approximate surface area is 107 Å². The molecule has 1 aromatic rings. The number of carbonyl (C=O) groups is 2. The lowest BCUT2D eigenvalue weighted by Crippen LogP contribution is -2.24. The van der Waals surface area contributed by atoms with Crippen LogP contribution in [0.1, 0.15) is 16.8 Å². The van der Waals surface area contributed by atoms with Gasteiger partial charge in [0, 0.05) is 24.0 Å². The van der Waals surface area contributed by atoms with E-state index in [1.807, 2.05) is 0 Å². The van der Waals surface area contributed by atoms with Gasteiger partial charge in [0.25, 0.3) is 0 Å². The summed E-state index contributed by atoms with van der Waals surface area (Å²) in [6, 6.07) is 6.49. The summed E-state index contributed by atoms with van der Waals surface area (Å²) >= 11 is 3.37. The van der Waals surface area contributed by atoms with E-state index in [1.54, 1.807) is 17.0 Å². The molecule has 1 aromatic carbocycles. The summed E-state index contributed by atoms with van der Waals surface area (Å²) in [6.07, 6.45) is 0.516. The van der Waals surface area contributed by atoms with Crippen LogP contribution in [0.15, 0.2) is 24.3 Å². The molecule has 0 bridgehead atoms. The Hall–Kier alpha value is -1.36. The zero-order valence-electron chi connectivity index (χ0n) is 9.10. The largest absolute Gasteiger partial charge is 0.478 e. The molecule has 0 aliphatic carbocycles. The number of hydrogen-bond acceptors (Lipinski definition) is 2. The van der Waals surface area contributed by atoms with Crippen LogP contribution in [0, 0.1) is 5.92 Å². The van der Waals surface area contributed by atoms with Crippen molar-refractivity contribution < 1.29 is 14.7 Å². The van der Waals surface area contributed by atoms with Crippen LogP contribution < -0.4 is 4.90 Å². The Morgan fingerprint density at radius 2 is 2.29 bits per heavy atom. The minimum Gasteiger partial charge on any atom is -0.478 e. The molecule has 1 fully saturated rings. The minimum absolute atomic E-state index is 0.0528. The fourth-order valence-corrected chi connectivity index (χ4v) is 2.37. The topological polar surface area (TPSA) is 57.6 Å². The lowest BCUT2D eigenvalue weighted by atomic mass is 10.1. The van der Waals surface area contributed by atoms with Gasteiger partial charge in [-0.15, -0.1) is 0 Å². The van der Waals surface area contributed by atoms with E-state index in [9.17, 15) is 9.59 Å². The monoisotopic (exact) mass is 297 g/mol. The number of aromatic carboxylic acids is 1. The predicted molar refractivity (Wildman–Crippen MR) is 67.7 cm³/mol. The van der Waals surface area contributed by atoms with Gasteiger partial charge in [-0.3, -0.25) is 4.79 Å². The highest BCUT2D eigenvalue weighted by Crippen LogP contribution is 2.26. The fraction of sp³-hybridized carbons (Fsp3) is 0.333. The number of carboxylic acid groups (broad SMARTS) is 1. The first-order valence-corrected chi connectivity index (χ1v) is 6.43. The molecule has 0 spiro atoms. The fourth-order valence-electron chi connectivity index (χ4n) is 1.94. The van der Waals surface area contributed by atoms with E-state index in [2.05, 4.69) is 15.9 Å². The van der Waals surface area contributed by atoms with Gasteiger partial charge in [0.1, 0.15) is 0 Å². The van der Waals surface area contributed by atoms with Crippen LogP contribution in [-0.4, -0.2) is 28.9 Å². The van der Waals surface area contributed by atoms with Gasteiger partial charge in [-0.1, -0.05) is 22.0 Å². The van der Waals surface area contributed by atoms with E-state index in [0.717, 1.165) is 5.33 Å². The van der Waals surface area contributed by atoms with Crippen molar-refractivity contribution in [2.24, 2.45) is 5.92 Å². The molecule has 1 atom stereocenters.